The molecule has 2 aromatic carbocycles. The lowest BCUT2D eigenvalue weighted by Crippen LogP contribution is -2.46. The monoisotopic (exact) mass is 454 g/mol. The number of carbonyl (C=O) groups excluding carboxylic acids is 2. The predicted octanol–water partition coefficient (Wildman–Crippen LogP) is 4.48. The van der Waals surface area contributed by atoms with Crippen LogP contribution in [0.4, 0.5) is 0 Å². The van der Waals surface area contributed by atoms with Gasteiger partial charge in [-0.3, -0.25) is 9.59 Å². The summed E-state index contributed by atoms with van der Waals surface area (Å²) in [5.41, 5.74) is 4.10. The van der Waals surface area contributed by atoms with E-state index in [1.54, 1.807) is 27.9 Å². The van der Waals surface area contributed by atoms with E-state index < -0.39 is 0 Å². The van der Waals surface area contributed by atoms with Crippen molar-refractivity contribution in [2.75, 3.05) is 13.1 Å². The van der Waals surface area contributed by atoms with Crippen LogP contribution in [0, 0.1) is 6.92 Å². The largest absolute Gasteiger partial charge is 0.459 e. The van der Waals surface area contributed by atoms with Gasteiger partial charge >= 0.3 is 0 Å². The average Bonchev–Trinajstić information content (AvgIpc) is 3.56. The highest BCUT2D eigenvalue weighted by atomic mass is 16.3. The van der Waals surface area contributed by atoms with Crippen LogP contribution in [0.2, 0.25) is 0 Å². The van der Waals surface area contributed by atoms with Gasteiger partial charge in [-0.05, 0) is 44.0 Å². The smallest absolute Gasteiger partial charge is 0.289 e. The van der Waals surface area contributed by atoms with Crippen molar-refractivity contribution in [1.82, 2.24) is 20.0 Å². The minimum Gasteiger partial charge on any atom is -0.459 e. The van der Waals surface area contributed by atoms with E-state index >= 15 is 0 Å². The maximum atomic E-state index is 13.4. The van der Waals surface area contributed by atoms with Crippen LogP contribution in [0.25, 0.3) is 16.9 Å². The molecule has 1 N–H and O–H groups in total. The van der Waals surface area contributed by atoms with E-state index in [2.05, 4.69) is 5.32 Å². The average molecular weight is 455 g/mol. The molecule has 0 unspecified atom stereocenters. The molecule has 7 heteroatoms. The Kier molecular flexibility index (Phi) is 5.99. The molecule has 34 heavy (non-hydrogen) atoms. The number of aryl methyl sites for hydroxylation is 1. The Hall–Kier alpha value is -4.13. The third-order valence-electron chi connectivity index (χ3n) is 6.15. The Labute approximate surface area is 198 Å². The van der Waals surface area contributed by atoms with Gasteiger partial charge < -0.3 is 14.6 Å². The lowest BCUT2D eigenvalue weighted by molar-refractivity contribution is 0.0667. The molecular weight excluding hydrogens is 428 g/mol. The SMILES string of the molecule is Cc1ccc(-c2nn(-c3ccccc3)cc2C(=O)NC2CCN(C(=O)c3ccco3)CC2)cc1. The van der Waals surface area contributed by atoms with Crippen LogP contribution in [0.5, 0.6) is 0 Å². The fourth-order valence-electron chi connectivity index (χ4n) is 4.22. The summed E-state index contributed by atoms with van der Waals surface area (Å²) in [6.07, 6.45) is 4.66. The van der Waals surface area contributed by atoms with Crippen LogP contribution in [-0.4, -0.2) is 45.6 Å². The van der Waals surface area contributed by atoms with Crippen LogP contribution >= 0.6 is 0 Å². The number of piperidine rings is 1. The van der Waals surface area contributed by atoms with Crippen molar-refractivity contribution in [3.05, 3.63) is 96.1 Å². The molecule has 3 heterocycles. The van der Waals surface area contributed by atoms with Crippen LogP contribution in [0.15, 0.2) is 83.6 Å². The molecule has 1 saturated heterocycles. The lowest BCUT2D eigenvalue weighted by Gasteiger charge is -2.31. The van der Waals surface area contributed by atoms with Gasteiger partial charge in [0.1, 0.15) is 5.69 Å². The van der Waals surface area contributed by atoms with E-state index in [9.17, 15) is 9.59 Å². The van der Waals surface area contributed by atoms with E-state index in [4.69, 9.17) is 9.52 Å². The fraction of sp³-hybridized carbons (Fsp3) is 0.222. The number of nitrogens with zero attached hydrogens (tertiary/aromatic N) is 3. The number of benzene rings is 2. The van der Waals surface area contributed by atoms with E-state index in [1.807, 2.05) is 61.5 Å². The van der Waals surface area contributed by atoms with Crippen LogP contribution < -0.4 is 5.32 Å². The molecule has 0 aliphatic carbocycles. The highest BCUT2D eigenvalue weighted by Crippen LogP contribution is 2.25. The number of hydrogen-bond acceptors (Lipinski definition) is 4. The van der Waals surface area contributed by atoms with E-state index in [0.29, 0.717) is 42.9 Å². The van der Waals surface area contributed by atoms with E-state index in [-0.39, 0.29) is 17.9 Å². The van der Waals surface area contributed by atoms with Gasteiger partial charge in [0, 0.05) is 30.9 Å². The number of para-hydroxylation sites is 1. The molecule has 0 atom stereocenters. The maximum absolute atomic E-state index is 13.4. The Morgan fingerprint density at radius 3 is 2.38 bits per heavy atom. The molecule has 0 spiro atoms. The summed E-state index contributed by atoms with van der Waals surface area (Å²) in [6.45, 7) is 3.17. The minimum atomic E-state index is -0.159. The molecule has 7 nitrogen and oxygen atoms in total. The minimum absolute atomic E-state index is 0.0147. The number of furan rings is 1. The Morgan fingerprint density at radius 1 is 0.971 bits per heavy atom. The second-order valence-corrected chi connectivity index (χ2v) is 8.55. The van der Waals surface area contributed by atoms with Crippen molar-refractivity contribution in [3.63, 3.8) is 0 Å². The molecule has 0 saturated carbocycles. The van der Waals surface area contributed by atoms with Gasteiger partial charge in [-0.2, -0.15) is 5.10 Å². The van der Waals surface area contributed by atoms with Crippen molar-refractivity contribution >= 4 is 11.8 Å². The van der Waals surface area contributed by atoms with Crippen molar-refractivity contribution in [1.29, 1.82) is 0 Å². The summed E-state index contributed by atoms with van der Waals surface area (Å²) >= 11 is 0. The molecule has 1 aliphatic heterocycles. The maximum Gasteiger partial charge on any atom is 0.289 e. The summed E-state index contributed by atoms with van der Waals surface area (Å²) in [7, 11) is 0. The molecule has 5 rings (SSSR count). The van der Waals surface area contributed by atoms with Gasteiger partial charge in [-0.25, -0.2) is 4.68 Å². The van der Waals surface area contributed by atoms with Gasteiger partial charge in [0.2, 0.25) is 0 Å². The van der Waals surface area contributed by atoms with Crippen LogP contribution in [-0.2, 0) is 0 Å². The number of aromatic nitrogens is 2. The van der Waals surface area contributed by atoms with E-state index in [0.717, 1.165) is 16.8 Å². The molecular formula is C27H26N4O3. The highest BCUT2D eigenvalue weighted by molar-refractivity contribution is 6.00. The molecule has 4 aromatic rings. The highest BCUT2D eigenvalue weighted by Gasteiger charge is 2.27. The zero-order valence-corrected chi connectivity index (χ0v) is 19.0. The molecule has 1 aliphatic rings. The van der Waals surface area contributed by atoms with Crippen LogP contribution in [0.1, 0.15) is 39.3 Å². The molecule has 0 radical (unpaired) electrons. The lowest BCUT2D eigenvalue weighted by atomic mass is 10.0. The van der Waals surface area contributed by atoms with Gasteiger partial charge in [-0.15, -0.1) is 0 Å². The first kappa shape index (κ1) is 21.7. The summed E-state index contributed by atoms with van der Waals surface area (Å²) in [5.74, 6) is 0.0766. The van der Waals surface area contributed by atoms with Gasteiger partial charge in [-0.1, -0.05) is 48.0 Å². The van der Waals surface area contributed by atoms with Gasteiger partial charge in [0.15, 0.2) is 5.76 Å². The Bertz CT molecular complexity index is 1270. The summed E-state index contributed by atoms with van der Waals surface area (Å²) < 4.78 is 6.97. The first-order valence-corrected chi connectivity index (χ1v) is 11.4. The van der Waals surface area contributed by atoms with E-state index in [1.165, 1.54) is 6.26 Å². The molecule has 1 fully saturated rings. The van der Waals surface area contributed by atoms with Gasteiger partial charge in [0.05, 0.1) is 17.5 Å². The Balaban J connectivity index is 1.33. The zero-order chi connectivity index (χ0) is 23.5. The van der Waals surface area contributed by atoms with Crippen molar-refractivity contribution in [2.24, 2.45) is 0 Å². The Morgan fingerprint density at radius 2 is 1.71 bits per heavy atom. The second kappa shape index (κ2) is 9.39. The first-order valence-electron chi connectivity index (χ1n) is 11.4. The normalized spacial score (nSPS) is 14.2. The number of hydrogen-bond donors (Lipinski definition) is 1. The third kappa shape index (κ3) is 4.50. The molecule has 172 valence electrons. The first-order chi connectivity index (χ1) is 16.6. The number of amides is 2. The summed E-state index contributed by atoms with van der Waals surface area (Å²) in [5, 5.41) is 7.91. The standard InChI is InChI=1S/C27H26N4O3/c1-19-9-11-20(12-10-19)25-23(18-31(29-25)22-6-3-2-4-7-22)26(32)28-21-13-15-30(16-14-21)27(33)24-8-5-17-34-24/h2-12,17-18,21H,13-16H2,1H3,(H,28,32). The quantitative estimate of drug-likeness (QED) is 0.482. The van der Waals surface area contributed by atoms with Crippen molar-refractivity contribution in [2.45, 2.75) is 25.8 Å². The topological polar surface area (TPSA) is 80.4 Å². The van der Waals surface area contributed by atoms with Gasteiger partial charge in [0.25, 0.3) is 11.8 Å². The fourth-order valence-corrected chi connectivity index (χ4v) is 4.22. The summed E-state index contributed by atoms with van der Waals surface area (Å²) in [6, 6.07) is 21.1. The van der Waals surface area contributed by atoms with Crippen molar-refractivity contribution < 1.29 is 14.0 Å². The molecule has 2 aromatic heterocycles. The zero-order valence-electron chi connectivity index (χ0n) is 19.0. The third-order valence-corrected chi connectivity index (χ3v) is 6.15. The molecule has 0 bridgehead atoms. The predicted molar refractivity (Wildman–Crippen MR) is 129 cm³/mol. The summed E-state index contributed by atoms with van der Waals surface area (Å²) in [4.78, 5) is 27.6. The number of rotatable bonds is 5. The van der Waals surface area contributed by atoms with Crippen molar-refractivity contribution in [3.8, 4) is 16.9 Å². The second-order valence-electron chi connectivity index (χ2n) is 8.55. The van der Waals surface area contributed by atoms with Crippen LogP contribution in [0.3, 0.4) is 0 Å². The molecule has 2 amide bonds. The number of nitrogens with one attached hydrogen (secondary N) is 1. The number of carbonyl (C=O) groups is 2. The number of likely N-dealkylation sites (tertiary alicyclic amines) is 1.